The number of hydrogen-bond acceptors (Lipinski definition) is 2. The largest absolute Gasteiger partial charge is 0.387 e. The minimum absolute atomic E-state index is 1.02. The Bertz CT molecular complexity index is 245. The van der Waals surface area contributed by atoms with Gasteiger partial charge in [-0.15, -0.1) is 12.6 Å². The van der Waals surface area contributed by atoms with Gasteiger partial charge >= 0.3 is 0 Å². The van der Waals surface area contributed by atoms with Gasteiger partial charge in [-0.1, -0.05) is 6.07 Å². The summed E-state index contributed by atoms with van der Waals surface area (Å²) in [4.78, 5) is 1.02. The second-order valence-electron chi connectivity index (χ2n) is 2.73. The van der Waals surface area contributed by atoms with Crippen molar-refractivity contribution in [3.8, 4) is 0 Å². The Balaban J connectivity index is 3.25. The summed E-state index contributed by atoms with van der Waals surface area (Å²) in [5, 5.41) is 3.11. The molecule has 0 aliphatic carbocycles. The molecule has 0 bridgehead atoms. The number of aryl methyl sites for hydroxylation is 2. The Morgan fingerprint density at radius 3 is 2.36 bits per heavy atom. The molecule has 0 fully saturated rings. The molecule has 0 saturated heterocycles. The van der Waals surface area contributed by atoms with Crippen LogP contribution in [0.3, 0.4) is 0 Å². The van der Waals surface area contributed by atoms with Gasteiger partial charge in [0.2, 0.25) is 0 Å². The summed E-state index contributed by atoms with van der Waals surface area (Å²) >= 11 is 4.35. The molecule has 11 heavy (non-hydrogen) atoms. The highest BCUT2D eigenvalue weighted by Gasteiger charge is 2.00. The lowest BCUT2D eigenvalue weighted by Crippen LogP contribution is -1.93. The molecule has 0 aromatic heterocycles. The van der Waals surface area contributed by atoms with Crippen molar-refractivity contribution in [2.45, 2.75) is 18.7 Å². The first-order valence-corrected chi connectivity index (χ1v) is 4.08. The fourth-order valence-corrected chi connectivity index (χ4v) is 1.76. The van der Waals surface area contributed by atoms with E-state index in [-0.39, 0.29) is 0 Å². The van der Waals surface area contributed by atoms with E-state index in [1.807, 2.05) is 7.05 Å². The Hall–Kier alpha value is -0.630. The molecule has 0 aliphatic rings. The fourth-order valence-electron chi connectivity index (χ4n) is 1.27. The molecule has 1 rings (SSSR count). The van der Waals surface area contributed by atoms with E-state index in [1.165, 1.54) is 11.1 Å². The van der Waals surface area contributed by atoms with Gasteiger partial charge in [0, 0.05) is 11.9 Å². The van der Waals surface area contributed by atoms with Crippen LogP contribution in [0.25, 0.3) is 0 Å². The Morgan fingerprint density at radius 1 is 1.27 bits per heavy atom. The third-order valence-electron chi connectivity index (χ3n) is 1.71. The molecular weight excluding hydrogens is 154 g/mol. The maximum Gasteiger partial charge on any atom is 0.0503 e. The molecule has 1 N–H and O–H groups in total. The van der Waals surface area contributed by atoms with Crippen molar-refractivity contribution in [2.24, 2.45) is 0 Å². The Labute approximate surface area is 73.2 Å². The number of rotatable bonds is 1. The average Bonchev–Trinajstić information content (AvgIpc) is 1.85. The maximum absolute atomic E-state index is 4.35. The third-order valence-corrected chi connectivity index (χ3v) is 2.06. The van der Waals surface area contributed by atoms with Gasteiger partial charge in [0.05, 0.1) is 5.69 Å². The standard InChI is InChI=1S/C9H13NS/c1-6-4-7(2)9(10-3)8(11)5-6/h4-5,10-11H,1-3H3. The van der Waals surface area contributed by atoms with E-state index < -0.39 is 0 Å². The van der Waals surface area contributed by atoms with E-state index >= 15 is 0 Å². The minimum Gasteiger partial charge on any atom is -0.387 e. The van der Waals surface area contributed by atoms with Gasteiger partial charge in [0.1, 0.15) is 0 Å². The first kappa shape index (κ1) is 8.47. The fraction of sp³-hybridized carbons (Fsp3) is 0.333. The van der Waals surface area contributed by atoms with Crippen LogP contribution < -0.4 is 5.32 Å². The van der Waals surface area contributed by atoms with Crippen LogP contribution >= 0.6 is 12.6 Å². The first-order chi connectivity index (χ1) is 5.15. The summed E-state index contributed by atoms with van der Waals surface area (Å²) < 4.78 is 0. The van der Waals surface area contributed by atoms with E-state index in [0.717, 1.165) is 10.6 Å². The predicted octanol–water partition coefficient (Wildman–Crippen LogP) is 2.63. The molecule has 60 valence electrons. The highest BCUT2D eigenvalue weighted by atomic mass is 32.1. The van der Waals surface area contributed by atoms with Gasteiger partial charge in [0.25, 0.3) is 0 Å². The molecule has 0 radical (unpaired) electrons. The van der Waals surface area contributed by atoms with Crippen molar-refractivity contribution in [1.82, 2.24) is 0 Å². The van der Waals surface area contributed by atoms with Crippen molar-refractivity contribution in [1.29, 1.82) is 0 Å². The van der Waals surface area contributed by atoms with Crippen LogP contribution in [0.4, 0.5) is 5.69 Å². The van der Waals surface area contributed by atoms with E-state index in [4.69, 9.17) is 0 Å². The molecule has 0 atom stereocenters. The van der Waals surface area contributed by atoms with Crippen LogP contribution in [0.2, 0.25) is 0 Å². The number of anilines is 1. The Kier molecular flexibility index (Phi) is 2.45. The summed E-state index contributed by atoms with van der Waals surface area (Å²) in [6, 6.07) is 4.20. The summed E-state index contributed by atoms with van der Waals surface area (Å²) in [5.74, 6) is 0. The summed E-state index contributed by atoms with van der Waals surface area (Å²) in [6.07, 6.45) is 0. The van der Waals surface area contributed by atoms with Crippen LogP contribution in [0, 0.1) is 13.8 Å². The van der Waals surface area contributed by atoms with Gasteiger partial charge in [-0.3, -0.25) is 0 Å². The topological polar surface area (TPSA) is 12.0 Å². The van der Waals surface area contributed by atoms with Crippen LogP contribution in [0.1, 0.15) is 11.1 Å². The van der Waals surface area contributed by atoms with Gasteiger partial charge in [-0.25, -0.2) is 0 Å². The smallest absolute Gasteiger partial charge is 0.0503 e. The van der Waals surface area contributed by atoms with Crippen molar-refractivity contribution < 1.29 is 0 Å². The quantitative estimate of drug-likeness (QED) is 0.613. The molecule has 0 saturated carbocycles. The molecule has 0 unspecified atom stereocenters. The zero-order valence-electron chi connectivity index (χ0n) is 7.10. The van der Waals surface area contributed by atoms with Crippen LogP contribution in [-0.4, -0.2) is 7.05 Å². The average molecular weight is 167 g/mol. The van der Waals surface area contributed by atoms with Gasteiger partial charge in [-0.2, -0.15) is 0 Å². The van der Waals surface area contributed by atoms with Crippen molar-refractivity contribution in [3.63, 3.8) is 0 Å². The van der Waals surface area contributed by atoms with Crippen molar-refractivity contribution >= 4 is 18.3 Å². The summed E-state index contributed by atoms with van der Waals surface area (Å²) in [6.45, 7) is 4.16. The highest BCUT2D eigenvalue weighted by molar-refractivity contribution is 7.80. The molecule has 1 aromatic rings. The van der Waals surface area contributed by atoms with E-state index in [2.05, 4.69) is 43.9 Å². The molecule has 0 aliphatic heterocycles. The molecule has 1 aromatic carbocycles. The third kappa shape index (κ3) is 1.69. The normalized spacial score (nSPS) is 9.82. The zero-order valence-corrected chi connectivity index (χ0v) is 8.00. The second-order valence-corrected chi connectivity index (χ2v) is 3.21. The summed E-state index contributed by atoms with van der Waals surface area (Å²) in [7, 11) is 1.91. The highest BCUT2D eigenvalue weighted by Crippen LogP contribution is 2.24. The van der Waals surface area contributed by atoms with E-state index in [1.54, 1.807) is 0 Å². The molecule has 0 amide bonds. The SMILES string of the molecule is CNc1c(C)cc(C)cc1S. The van der Waals surface area contributed by atoms with Crippen LogP contribution in [0.15, 0.2) is 17.0 Å². The molecule has 0 spiro atoms. The van der Waals surface area contributed by atoms with Crippen molar-refractivity contribution in [2.75, 3.05) is 12.4 Å². The van der Waals surface area contributed by atoms with Gasteiger partial charge in [0.15, 0.2) is 0 Å². The number of thiol groups is 1. The van der Waals surface area contributed by atoms with Crippen LogP contribution in [0.5, 0.6) is 0 Å². The molecule has 0 heterocycles. The molecular formula is C9H13NS. The first-order valence-electron chi connectivity index (χ1n) is 3.63. The summed E-state index contributed by atoms with van der Waals surface area (Å²) in [5.41, 5.74) is 3.63. The monoisotopic (exact) mass is 167 g/mol. The number of benzene rings is 1. The lowest BCUT2D eigenvalue weighted by atomic mass is 10.1. The lowest BCUT2D eigenvalue weighted by molar-refractivity contribution is 1.27. The Morgan fingerprint density at radius 2 is 1.91 bits per heavy atom. The zero-order chi connectivity index (χ0) is 8.43. The van der Waals surface area contributed by atoms with Gasteiger partial charge in [-0.05, 0) is 31.0 Å². The number of nitrogens with one attached hydrogen (secondary N) is 1. The van der Waals surface area contributed by atoms with Crippen LogP contribution in [-0.2, 0) is 0 Å². The predicted molar refractivity (Wildman–Crippen MR) is 52.7 cm³/mol. The maximum atomic E-state index is 4.35. The molecule has 2 heteroatoms. The minimum atomic E-state index is 1.02. The molecule has 1 nitrogen and oxygen atoms in total. The second kappa shape index (κ2) is 3.18. The lowest BCUT2D eigenvalue weighted by Gasteiger charge is -2.08. The number of hydrogen-bond donors (Lipinski definition) is 2. The van der Waals surface area contributed by atoms with E-state index in [0.29, 0.717) is 0 Å². The van der Waals surface area contributed by atoms with Crippen molar-refractivity contribution in [3.05, 3.63) is 23.3 Å². The van der Waals surface area contributed by atoms with E-state index in [9.17, 15) is 0 Å². The van der Waals surface area contributed by atoms with Gasteiger partial charge < -0.3 is 5.32 Å².